The molecule has 6 rings (SSSR count). The molecule has 0 radical (unpaired) electrons. The molecule has 2 aromatic heterocycles. The summed E-state index contributed by atoms with van der Waals surface area (Å²) in [5, 5.41) is 4.01. The van der Waals surface area contributed by atoms with E-state index in [2.05, 4.69) is 19.9 Å². The molecule has 6 nitrogen and oxygen atoms in total. The van der Waals surface area contributed by atoms with E-state index in [9.17, 15) is 13.0 Å². The molecule has 0 amide bonds. The van der Waals surface area contributed by atoms with Crippen LogP contribution in [0.5, 0.6) is 0 Å². The second-order valence-electron chi connectivity index (χ2n) is 10.1. The third-order valence-corrected chi connectivity index (χ3v) is 9.80. The number of anilines is 2. The molecular formula is C29H28F3N5OS2. The normalized spacial score (nSPS) is 17.1. The van der Waals surface area contributed by atoms with E-state index < -0.39 is 33.3 Å². The molecule has 1 unspecified atom stereocenters. The number of piperidine rings is 1. The number of halogens is 3. The van der Waals surface area contributed by atoms with E-state index in [1.54, 1.807) is 36.7 Å². The van der Waals surface area contributed by atoms with Crippen LogP contribution in [0.25, 0.3) is 21.7 Å². The summed E-state index contributed by atoms with van der Waals surface area (Å²) >= 11 is 1.56. The topological polar surface area (TPSA) is 70.2 Å². The lowest BCUT2D eigenvalue weighted by atomic mass is 9.97. The summed E-state index contributed by atoms with van der Waals surface area (Å²) in [5.74, 6) is -1.29. The van der Waals surface area contributed by atoms with Crippen molar-refractivity contribution in [2.45, 2.75) is 42.5 Å². The molecule has 208 valence electrons. The summed E-state index contributed by atoms with van der Waals surface area (Å²) in [6.45, 7) is 2.07. The van der Waals surface area contributed by atoms with Crippen molar-refractivity contribution in [3.05, 3.63) is 77.2 Å². The van der Waals surface area contributed by atoms with Gasteiger partial charge in [0.15, 0.2) is 16.8 Å². The number of nitrogens with zero attached hydrogens (tertiary/aromatic N) is 3. The quantitative estimate of drug-likeness (QED) is 0.239. The van der Waals surface area contributed by atoms with E-state index in [-0.39, 0.29) is 17.2 Å². The lowest BCUT2D eigenvalue weighted by Crippen LogP contribution is -2.34. The number of aromatic nitrogens is 2. The minimum atomic E-state index is -2.22. The highest BCUT2D eigenvalue weighted by Gasteiger charge is 2.33. The third-order valence-electron chi connectivity index (χ3n) is 7.41. The number of likely N-dealkylation sites (tertiary alicyclic amines) is 1. The Morgan fingerprint density at radius 2 is 1.82 bits per heavy atom. The molecule has 3 heterocycles. The van der Waals surface area contributed by atoms with Gasteiger partial charge in [-0.25, -0.2) is 27.3 Å². The van der Waals surface area contributed by atoms with Gasteiger partial charge in [-0.2, -0.15) is 0 Å². The molecule has 1 aliphatic carbocycles. The van der Waals surface area contributed by atoms with Crippen molar-refractivity contribution < 1.29 is 17.4 Å². The Morgan fingerprint density at radius 1 is 1.02 bits per heavy atom. The second kappa shape index (κ2) is 11.3. The Balaban J connectivity index is 1.36. The van der Waals surface area contributed by atoms with Crippen LogP contribution < -0.4 is 10.0 Å². The largest absolute Gasteiger partial charge is 0.373 e. The number of hydrogen-bond donors (Lipinski definition) is 2. The van der Waals surface area contributed by atoms with Gasteiger partial charge in [0, 0.05) is 30.8 Å². The molecule has 1 atom stereocenters. The SMILES string of the molecule is CNc1cc(-c2sc(C3CCN(C4CC4)CC3)nc2-c2cccc(NS(=O)c3cc(F)ccc3F)c2F)ccn1. The number of benzene rings is 2. The average Bonchev–Trinajstić information content (AvgIpc) is 3.74. The van der Waals surface area contributed by atoms with E-state index in [1.165, 1.54) is 18.9 Å². The molecule has 2 fully saturated rings. The van der Waals surface area contributed by atoms with E-state index in [1.807, 2.05) is 12.1 Å². The Bertz CT molecular complexity index is 1570. The molecule has 2 N–H and O–H groups in total. The zero-order valence-corrected chi connectivity index (χ0v) is 23.4. The number of rotatable bonds is 8. The number of nitrogens with one attached hydrogen (secondary N) is 2. The molecule has 4 aromatic rings. The molecule has 1 aliphatic heterocycles. The van der Waals surface area contributed by atoms with Crippen LogP contribution in [0, 0.1) is 17.5 Å². The van der Waals surface area contributed by atoms with Crippen molar-refractivity contribution >= 4 is 33.8 Å². The number of thiazole rings is 1. The monoisotopic (exact) mass is 583 g/mol. The minimum absolute atomic E-state index is 0.0941. The molecule has 40 heavy (non-hydrogen) atoms. The first-order chi connectivity index (χ1) is 19.4. The van der Waals surface area contributed by atoms with Gasteiger partial charge >= 0.3 is 0 Å². The van der Waals surface area contributed by atoms with Crippen LogP contribution >= 0.6 is 11.3 Å². The molecule has 1 saturated carbocycles. The van der Waals surface area contributed by atoms with Gasteiger partial charge in [-0.05, 0) is 86.8 Å². The minimum Gasteiger partial charge on any atom is -0.373 e. The van der Waals surface area contributed by atoms with Crippen molar-refractivity contribution in [2.24, 2.45) is 0 Å². The zero-order valence-electron chi connectivity index (χ0n) is 21.8. The lowest BCUT2D eigenvalue weighted by molar-refractivity contribution is 0.203. The molecule has 0 spiro atoms. The van der Waals surface area contributed by atoms with Crippen molar-refractivity contribution in [2.75, 3.05) is 30.2 Å². The summed E-state index contributed by atoms with van der Waals surface area (Å²) in [4.78, 5) is 12.3. The average molecular weight is 584 g/mol. The third kappa shape index (κ3) is 5.50. The number of hydrogen-bond acceptors (Lipinski definition) is 6. The van der Waals surface area contributed by atoms with Gasteiger partial charge in [0.1, 0.15) is 17.5 Å². The fourth-order valence-electron chi connectivity index (χ4n) is 5.12. The zero-order chi connectivity index (χ0) is 27.8. The van der Waals surface area contributed by atoms with Crippen LogP contribution in [0.3, 0.4) is 0 Å². The molecule has 2 aromatic carbocycles. The first-order valence-electron chi connectivity index (χ1n) is 13.2. The van der Waals surface area contributed by atoms with Crippen LogP contribution in [0.2, 0.25) is 0 Å². The smallest absolute Gasteiger partial charge is 0.156 e. The van der Waals surface area contributed by atoms with Crippen LogP contribution in [0.1, 0.15) is 36.6 Å². The van der Waals surface area contributed by atoms with Gasteiger partial charge < -0.3 is 10.2 Å². The van der Waals surface area contributed by atoms with Gasteiger partial charge in [0.2, 0.25) is 0 Å². The Hall–Kier alpha value is -3.28. The van der Waals surface area contributed by atoms with Crippen LogP contribution in [-0.2, 0) is 11.0 Å². The van der Waals surface area contributed by atoms with Crippen molar-refractivity contribution in [1.29, 1.82) is 0 Å². The second-order valence-corrected chi connectivity index (χ2v) is 12.3. The Kier molecular flexibility index (Phi) is 7.61. The fourth-order valence-corrected chi connectivity index (χ4v) is 7.29. The first kappa shape index (κ1) is 26.9. The van der Waals surface area contributed by atoms with E-state index >= 15 is 4.39 Å². The predicted octanol–water partition coefficient (Wildman–Crippen LogP) is 6.81. The summed E-state index contributed by atoms with van der Waals surface area (Å²) in [5.41, 5.74) is 1.49. The maximum Gasteiger partial charge on any atom is 0.156 e. The Labute approximate surface area is 237 Å². The van der Waals surface area contributed by atoms with Crippen LogP contribution in [0.4, 0.5) is 24.7 Å². The van der Waals surface area contributed by atoms with E-state index in [0.29, 0.717) is 11.5 Å². The lowest BCUT2D eigenvalue weighted by Gasteiger charge is -2.30. The summed E-state index contributed by atoms with van der Waals surface area (Å²) in [7, 11) is -0.435. The molecule has 11 heteroatoms. The summed E-state index contributed by atoms with van der Waals surface area (Å²) in [6, 6.07) is 11.8. The summed E-state index contributed by atoms with van der Waals surface area (Å²) < 4.78 is 59.2. The summed E-state index contributed by atoms with van der Waals surface area (Å²) in [6.07, 6.45) is 6.27. The van der Waals surface area contributed by atoms with Gasteiger partial charge in [-0.15, -0.1) is 11.3 Å². The first-order valence-corrected chi connectivity index (χ1v) is 15.2. The van der Waals surface area contributed by atoms with Gasteiger partial charge in [0.25, 0.3) is 0 Å². The highest BCUT2D eigenvalue weighted by molar-refractivity contribution is 7.86. The number of pyridine rings is 1. The predicted molar refractivity (Wildman–Crippen MR) is 153 cm³/mol. The molecule has 0 bridgehead atoms. The van der Waals surface area contributed by atoms with E-state index in [4.69, 9.17) is 4.98 Å². The van der Waals surface area contributed by atoms with Gasteiger partial charge in [-0.1, -0.05) is 6.07 Å². The maximum absolute atomic E-state index is 16.0. The highest BCUT2D eigenvalue weighted by atomic mass is 32.2. The molecule has 1 saturated heterocycles. The van der Waals surface area contributed by atoms with Crippen molar-refractivity contribution in [1.82, 2.24) is 14.9 Å². The molecular weight excluding hydrogens is 555 g/mol. The van der Waals surface area contributed by atoms with Gasteiger partial charge in [-0.3, -0.25) is 4.72 Å². The van der Waals surface area contributed by atoms with Crippen molar-refractivity contribution in [3.8, 4) is 21.7 Å². The Morgan fingerprint density at radius 3 is 2.58 bits per heavy atom. The fraction of sp³-hybridized carbons (Fsp3) is 0.310. The van der Waals surface area contributed by atoms with E-state index in [0.717, 1.165) is 65.6 Å². The van der Waals surface area contributed by atoms with Gasteiger partial charge in [0.05, 0.1) is 26.2 Å². The highest BCUT2D eigenvalue weighted by Crippen LogP contribution is 2.44. The molecule has 2 aliphatic rings. The standard InChI is InChI=1S/C29H28F3N5OS2/c1-33-25-15-18(9-12-34-25)28-27(35-29(39-28)17-10-13-37(14-11-17)20-6-7-20)21-3-2-4-23(26(21)32)36-40(38)24-16-19(30)5-8-22(24)31/h2-5,8-9,12,15-17,20,36H,6-7,10-11,13-14H2,1H3,(H,33,34). The van der Waals surface area contributed by atoms with Crippen molar-refractivity contribution in [3.63, 3.8) is 0 Å². The maximum atomic E-state index is 16.0. The van der Waals surface area contributed by atoms with Crippen LogP contribution in [0.15, 0.2) is 59.6 Å². The van der Waals surface area contributed by atoms with Crippen LogP contribution in [-0.4, -0.2) is 45.3 Å².